The predicted molar refractivity (Wildman–Crippen MR) is 105 cm³/mol. The minimum Gasteiger partial charge on any atom is -0.497 e. The fraction of sp³-hybridized carbons (Fsp3) is 0.455. The van der Waals surface area contributed by atoms with E-state index >= 15 is 0 Å². The molecular weight excluding hydrogens is 343 g/mol. The second kappa shape index (κ2) is 7.87. The summed E-state index contributed by atoms with van der Waals surface area (Å²) in [7, 11) is 1.69. The number of piperidine rings is 1. The molecule has 5 heteroatoms. The Hall–Kier alpha value is -2.11. The number of nitrogens with zero attached hydrogens (tertiary/aromatic N) is 2. The first-order chi connectivity index (χ1) is 13.2. The largest absolute Gasteiger partial charge is 0.497 e. The number of rotatable bonds is 4. The average Bonchev–Trinajstić information content (AvgIpc) is 2.69. The van der Waals surface area contributed by atoms with E-state index < -0.39 is 0 Å². The average molecular weight is 370 g/mol. The molecule has 1 atom stereocenters. The summed E-state index contributed by atoms with van der Waals surface area (Å²) in [5.41, 5.74) is 2.06. The van der Waals surface area contributed by atoms with Crippen LogP contribution in [0.1, 0.15) is 18.4 Å². The molecule has 2 heterocycles. The topological polar surface area (TPSA) is 24.9 Å². The van der Waals surface area contributed by atoms with Crippen LogP contribution in [0, 0.1) is 5.82 Å². The highest BCUT2D eigenvalue weighted by molar-refractivity contribution is 5.47. The van der Waals surface area contributed by atoms with E-state index in [9.17, 15) is 4.39 Å². The molecule has 0 unspecified atom stereocenters. The summed E-state index contributed by atoms with van der Waals surface area (Å²) in [6, 6.07) is 15.2. The van der Waals surface area contributed by atoms with Gasteiger partial charge in [-0.15, -0.1) is 0 Å². The highest BCUT2D eigenvalue weighted by atomic mass is 19.1. The van der Waals surface area contributed by atoms with Gasteiger partial charge in [-0.05, 0) is 48.7 Å². The molecule has 0 bridgehead atoms. The molecular formula is C22H27FN2O2. The molecule has 0 aromatic heterocycles. The van der Waals surface area contributed by atoms with Crippen molar-refractivity contribution >= 4 is 5.69 Å². The van der Waals surface area contributed by atoms with E-state index in [1.165, 1.54) is 11.6 Å². The monoisotopic (exact) mass is 370 g/mol. The van der Waals surface area contributed by atoms with Crippen LogP contribution < -0.4 is 9.64 Å². The van der Waals surface area contributed by atoms with Gasteiger partial charge in [0.25, 0.3) is 0 Å². The van der Waals surface area contributed by atoms with E-state index in [0.29, 0.717) is 0 Å². The quantitative estimate of drug-likeness (QED) is 0.819. The third kappa shape index (κ3) is 4.25. The second-order valence-electron chi connectivity index (χ2n) is 7.60. The Morgan fingerprint density at radius 1 is 1.11 bits per heavy atom. The lowest BCUT2D eigenvalue weighted by molar-refractivity contribution is -0.116. The van der Waals surface area contributed by atoms with Crippen LogP contribution in [0.3, 0.4) is 0 Å². The van der Waals surface area contributed by atoms with Crippen molar-refractivity contribution in [1.82, 2.24) is 4.90 Å². The van der Waals surface area contributed by atoms with Crippen LogP contribution in [0.15, 0.2) is 48.5 Å². The van der Waals surface area contributed by atoms with Crippen LogP contribution in [-0.4, -0.2) is 50.4 Å². The number of hydrogen-bond acceptors (Lipinski definition) is 4. The van der Waals surface area contributed by atoms with Crippen molar-refractivity contribution in [2.45, 2.75) is 25.0 Å². The van der Waals surface area contributed by atoms with E-state index in [4.69, 9.17) is 9.47 Å². The Labute approximate surface area is 160 Å². The zero-order valence-corrected chi connectivity index (χ0v) is 15.9. The number of anilines is 1. The van der Waals surface area contributed by atoms with E-state index in [0.717, 1.165) is 63.6 Å². The standard InChI is InChI=1S/C22H27FN2O2/c1-26-21-8-6-18(7-9-21)15-24-12-13-27-22(16-24)10-3-11-25(17-22)20-5-2-4-19(23)14-20/h2,4-9,14H,3,10-13,15-17H2,1H3/t22-/m0/s1. The summed E-state index contributed by atoms with van der Waals surface area (Å²) in [4.78, 5) is 4.74. The minimum atomic E-state index is -0.183. The van der Waals surface area contributed by atoms with Crippen molar-refractivity contribution < 1.29 is 13.9 Å². The maximum Gasteiger partial charge on any atom is 0.125 e. The number of benzene rings is 2. The number of hydrogen-bond donors (Lipinski definition) is 0. The first-order valence-electron chi connectivity index (χ1n) is 9.66. The van der Waals surface area contributed by atoms with Gasteiger partial charge in [-0.25, -0.2) is 4.39 Å². The highest BCUT2D eigenvalue weighted by Gasteiger charge is 2.40. The molecule has 1 spiro atoms. The van der Waals surface area contributed by atoms with E-state index in [2.05, 4.69) is 21.9 Å². The van der Waals surface area contributed by atoms with Crippen molar-refractivity contribution in [3.63, 3.8) is 0 Å². The number of ether oxygens (including phenoxy) is 2. The van der Waals surface area contributed by atoms with Gasteiger partial charge in [0.15, 0.2) is 0 Å². The third-order valence-corrected chi connectivity index (χ3v) is 5.61. The molecule has 2 aliphatic rings. The lowest BCUT2D eigenvalue weighted by Crippen LogP contribution is -2.59. The lowest BCUT2D eigenvalue weighted by atomic mass is 9.90. The van der Waals surface area contributed by atoms with Crippen LogP contribution in [0.4, 0.5) is 10.1 Å². The molecule has 2 aromatic rings. The van der Waals surface area contributed by atoms with Gasteiger partial charge >= 0.3 is 0 Å². The third-order valence-electron chi connectivity index (χ3n) is 5.61. The zero-order chi connectivity index (χ0) is 18.7. The van der Waals surface area contributed by atoms with Gasteiger partial charge in [0, 0.05) is 38.4 Å². The van der Waals surface area contributed by atoms with Crippen LogP contribution in [0.5, 0.6) is 5.75 Å². The Morgan fingerprint density at radius 3 is 2.74 bits per heavy atom. The maximum atomic E-state index is 13.6. The molecule has 2 aromatic carbocycles. The second-order valence-corrected chi connectivity index (χ2v) is 7.60. The van der Waals surface area contributed by atoms with Crippen molar-refractivity contribution in [3.8, 4) is 5.75 Å². The first kappa shape index (κ1) is 18.3. The number of morpholine rings is 1. The summed E-state index contributed by atoms with van der Waals surface area (Å²) in [6.45, 7) is 5.27. The van der Waals surface area contributed by atoms with Crippen LogP contribution >= 0.6 is 0 Å². The first-order valence-corrected chi connectivity index (χ1v) is 9.66. The van der Waals surface area contributed by atoms with Gasteiger partial charge in [0.05, 0.1) is 19.3 Å². The molecule has 0 saturated carbocycles. The van der Waals surface area contributed by atoms with Gasteiger partial charge in [-0.3, -0.25) is 4.90 Å². The van der Waals surface area contributed by atoms with Crippen molar-refractivity contribution in [3.05, 3.63) is 59.9 Å². The molecule has 2 aliphatic heterocycles. The van der Waals surface area contributed by atoms with Gasteiger partial charge < -0.3 is 14.4 Å². The molecule has 0 N–H and O–H groups in total. The van der Waals surface area contributed by atoms with Crippen molar-refractivity contribution in [2.75, 3.05) is 44.8 Å². The molecule has 2 saturated heterocycles. The smallest absolute Gasteiger partial charge is 0.125 e. The molecule has 0 aliphatic carbocycles. The van der Waals surface area contributed by atoms with Crippen molar-refractivity contribution in [1.29, 1.82) is 0 Å². The molecule has 27 heavy (non-hydrogen) atoms. The van der Waals surface area contributed by atoms with Crippen LogP contribution in [-0.2, 0) is 11.3 Å². The predicted octanol–water partition coefficient (Wildman–Crippen LogP) is 3.71. The summed E-state index contributed by atoms with van der Waals surface area (Å²) in [5.74, 6) is 0.702. The summed E-state index contributed by atoms with van der Waals surface area (Å²) >= 11 is 0. The number of methoxy groups -OCH3 is 1. The summed E-state index contributed by atoms with van der Waals surface area (Å²) < 4.78 is 25.2. The number of halogens is 1. The molecule has 2 fully saturated rings. The normalized spacial score (nSPS) is 23.6. The highest BCUT2D eigenvalue weighted by Crippen LogP contribution is 2.32. The Kier molecular flexibility index (Phi) is 5.32. The van der Waals surface area contributed by atoms with E-state index in [1.807, 2.05) is 18.2 Å². The van der Waals surface area contributed by atoms with Crippen LogP contribution in [0.25, 0.3) is 0 Å². The van der Waals surface area contributed by atoms with Crippen molar-refractivity contribution in [2.24, 2.45) is 0 Å². The van der Waals surface area contributed by atoms with Crippen LogP contribution in [0.2, 0.25) is 0 Å². The Morgan fingerprint density at radius 2 is 1.96 bits per heavy atom. The Bertz CT molecular complexity index is 763. The molecule has 0 amide bonds. The molecule has 0 radical (unpaired) electrons. The summed E-state index contributed by atoms with van der Waals surface area (Å²) in [6.07, 6.45) is 2.12. The fourth-order valence-electron chi connectivity index (χ4n) is 4.29. The van der Waals surface area contributed by atoms with E-state index in [-0.39, 0.29) is 11.4 Å². The maximum absolute atomic E-state index is 13.6. The van der Waals surface area contributed by atoms with Gasteiger partial charge in [-0.1, -0.05) is 18.2 Å². The molecule has 4 nitrogen and oxygen atoms in total. The minimum absolute atomic E-state index is 0.171. The Balaban J connectivity index is 1.44. The molecule has 144 valence electrons. The zero-order valence-electron chi connectivity index (χ0n) is 15.9. The van der Waals surface area contributed by atoms with Gasteiger partial charge in [0.2, 0.25) is 0 Å². The fourth-order valence-corrected chi connectivity index (χ4v) is 4.29. The van der Waals surface area contributed by atoms with Gasteiger partial charge in [0.1, 0.15) is 11.6 Å². The lowest BCUT2D eigenvalue weighted by Gasteiger charge is -2.48. The van der Waals surface area contributed by atoms with Gasteiger partial charge in [-0.2, -0.15) is 0 Å². The van der Waals surface area contributed by atoms with E-state index in [1.54, 1.807) is 19.2 Å². The molecule has 4 rings (SSSR count). The summed E-state index contributed by atoms with van der Waals surface area (Å²) in [5, 5.41) is 0. The SMILES string of the molecule is COc1ccc(CN2CCO[C@@]3(CCCN(c4cccc(F)c4)C3)C2)cc1.